The minimum Gasteiger partial charge on any atom is -0.366 e. The Kier molecular flexibility index (Phi) is 8.42. The Bertz CT molecular complexity index is 656. The second-order valence-electron chi connectivity index (χ2n) is 4.91. The molecule has 3 N–H and O–H groups in total. The molecular weight excluding hydrogens is 321 g/mol. The number of hydrogen-bond donors (Lipinski definition) is 2. The first-order chi connectivity index (χ1) is 11.4. The van der Waals surface area contributed by atoms with E-state index in [2.05, 4.69) is 15.3 Å². The summed E-state index contributed by atoms with van der Waals surface area (Å²) in [5.74, 6) is -3.09. The molecule has 0 bridgehead atoms. The molecule has 0 aliphatic carbocycles. The Morgan fingerprint density at radius 3 is 2.17 bits per heavy atom. The van der Waals surface area contributed by atoms with E-state index >= 15 is 0 Å². The van der Waals surface area contributed by atoms with Gasteiger partial charge in [0.1, 0.15) is 0 Å². The molecule has 130 valence electrons. The maximum Gasteiger partial charge on any atom is 0.311 e. The zero-order valence-electron chi connectivity index (χ0n) is 13.2. The van der Waals surface area contributed by atoms with Crippen LogP contribution in [0.15, 0.2) is 30.5 Å². The summed E-state index contributed by atoms with van der Waals surface area (Å²) in [7, 11) is 0. The van der Waals surface area contributed by atoms with Gasteiger partial charge >= 0.3 is 6.08 Å². The minimum absolute atomic E-state index is 0.363. The quantitative estimate of drug-likeness (QED) is 0.617. The van der Waals surface area contributed by atoms with E-state index in [0.29, 0.717) is 11.8 Å². The first-order valence-corrected chi connectivity index (χ1v) is 7.31. The fourth-order valence-corrected chi connectivity index (χ4v) is 1.80. The van der Waals surface area contributed by atoms with Crippen molar-refractivity contribution < 1.29 is 18.0 Å². The molecule has 2 heterocycles. The van der Waals surface area contributed by atoms with Crippen molar-refractivity contribution in [3.8, 4) is 0 Å². The van der Waals surface area contributed by atoms with Crippen molar-refractivity contribution in [1.82, 2.24) is 15.3 Å². The summed E-state index contributed by atoms with van der Waals surface area (Å²) in [4.78, 5) is 15.8. The molecule has 0 atom stereocenters. The minimum atomic E-state index is -1.47. The lowest BCUT2D eigenvalue weighted by molar-refractivity contribution is 0.0999. The third-order valence-electron chi connectivity index (χ3n) is 3.04. The number of amides is 1. The van der Waals surface area contributed by atoms with Crippen molar-refractivity contribution in [3.05, 3.63) is 59.4 Å². The molecule has 1 saturated heterocycles. The number of hydrogen-bond acceptors (Lipinski definition) is 4. The van der Waals surface area contributed by atoms with E-state index in [1.807, 2.05) is 19.1 Å². The Morgan fingerprint density at radius 2 is 1.79 bits per heavy atom. The fraction of sp³-hybridized carbons (Fsp3) is 0.312. The molecule has 0 spiro atoms. The van der Waals surface area contributed by atoms with Gasteiger partial charge in [-0.05, 0) is 44.5 Å². The van der Waals surface area contributed by atoms with Gasteiger partial charge in [0.15, 0.2) is 5.82 Å². The number of aromatic nitrogens is 2. The van der Waals surface area contributed by atoms with Crippen molar-refractivity contribution in [3.63, 3.8) is 0 Å². The van der Waals surface area contributed by atoms with Crippen molar-refractivity contribution in [2.24, 2.45) is 5.73 Å². The van der Waals surface area contributed by atoms with E-state index in [9.17, 15) is 18.0 Å². The Morgan fingerprint density at radius 1 is 1.17 bits per heavy atom. The lowest BCUT2D eigenvalue weighted by Gasteiger charge is -1.97. The van der Waals surface area contributed by atoms with Crippen molar-refractivity contribution >= 4 is 5.91 Å². The van der Waals surface area contributed by atoms with Crippen LogP contribution in [0.4, 0.5) is 13.2 Å². The molecule has 1 aliphatic heterocycles. The number of benzene rings is 1. The first-order valence-electron chi connectivity index (χ1n) is 7.31. The molecule has 1 aliphatic rings. The molecule has 3 rings (SSSR count). The van der Waals surface area contributed by atoms with Crippen LogP contribution in [0.3, 0.4) is 0 Å². The average Bonchev–Trinajstić information content (AvgIpc) is 3.12. The van der Waals surface area contributed by atoms with E-state index in [0.717, 1.165) is 5.56 Å². The van der Waals surface area contributed by atoms with Crippen molar-refractivity contribution in [2.75, 3.05) is 13.1 Å². The number of nitrogens with one attached hydrogen (secondary N) is 1. The highest BCUT2D eigenvalue weighted by Crippen LogP contribution is 2.04. The number of aryl methyl sites for hydroxylation is 1. The summed E-state index contributed by atoms with van der Waals surface area (Å²) >= 11 is 0. The van der Waals surface area contributed by atoms with Crippen LogP contribution < -0.4 is 11.1 Å². The molecular formula is C16H19F3N4O. The van der Waals surface area contributed by atoms with Gasteiger partial charge in [0.25, 0.3) is 5.95 Å². The molecule has 1 aromatic heterocycles. The monoisotopic (exact) mass is 340 g/mol. The zero-order chi connectivity index (χ0) is 17.9. The van der Waals surface area contributed by atoms with Gasteiger partial charge in [0.2, 0.25) is 5.91 Å². The smallest absolute Gasteiger partial charge is 0.311 e. The summed E-state index contributed by atoms with van der Waals surface area (Å²) in [5.41, 5.74) is 6.60. The number of nitrogens with two attached hydrogens (primary N) is 1. The highest BCUT2D eigenvalue weighted by Gasteiger charge is 2.03. The number of carbonyl (C=O) groups is 1. The molecule has 1 fully saturated rings. The van der Waals surface area contributed by atoms with Gasteiger partial charge in [-0.25, -0.2) is 9.37 Å². The summed E-state index contributed by atoms with van der Waals surface area (Å²) < 4.78 is 35.4. The van der Waals surface area contributed by atoms with Gasteiger partial charge in [-0.3, -0.25) is 4.79 Å². The Balaban J connectivity index is 0.000000189. The largest absolute Gasteiger partial charge is 0.366 e. The van der Waals surface area contributed by atoms with Gasteiger partial charge in [0.05, 0.1) is 6.20 Å². The van der Waals surface area contributed by atoms with E-state index < -0.39 is 17.8 Å². The topological polar surface area (TPSA) is 80.9 Å². The number of carbonyl (C=O) groups excluding carboxylic acids is 1. The van der Waals surface area contributed by atoms with Crippen LogP contribution in [0.2, 0.25) is 0 Å². The summed E-state index contributed by atoms with van der Waals surface area (Å²) in [6.07, 6.45) is 1.94. The van der Waals surface area contributed by atoms with Gasteiger partial charge in [-0.1, -0.05) is 18.2 Å². The molecule has 1 amide bonds. The number of rotatable bonds is 1. The van der Waals surface area contributed by atoms with E-state index in [1.54, 1.807) is 12.1 Å². The van der Waals surface area contributed by atoms with Crippen LogP contribution in [-0.2, 0) is 0 Å². The highest BCUT2D eigenvalue weighted by atomic mass is 19.2. The molecule has 0 saturated carbocycles. The van der Waals surface area contributed by atoms with Gasteiger partial charge in [0, 0.05) is 5.56 Å². The maximum atomic E-state index is 11.8. The molecule has 8 heteroatoms. The molecule has 0 radical (unpaired) electrons. The van der Waals surface area contributed by atoms with E-state index in [-0.39, 0.29) is 5.91 Å². The van der Waals surface area contributed by atoms with Crippen LogP contribution in [0.1, 0.15) is 28.8 Å². The van der Waals surface area contributed by atoms with E-state index in [1.165, 1.54) is 25.9 Å². The standard InChI is InChI=1S/C8H9NO.C4HF3N2.C4H9N/c1-6-4-2-3-5-7(6)8(9)10;5-2-1-8-4(7)9-3(2)6;1-2-4-5-3-1/h2-5H,1H3,(H2,9,10);1H;5H,1-4H2. The van der Waals surface area contributed by atoms with Crippen LogP contribution >= 0.6 is 0 Å². The van der Waals surface area contributed by atoms with Crippen LogP contribution in [0.5, 0.6) is 0 Å². The zero-order valence-corrected chi connectivity index (χ0v) is 13.2. The summed E-state index contributed by atoms with van der Waals surface area (Å²) in [6.45, 7) is 4.36. The SMILES string of the molecule is C1CCNC1.Cc1ccccc1C(N)=O.Fc1ncc(F)c(F)n1. The normalized spacial score (nSPS) is 12.5. The third kappa shape index (κ3) is 7.19. The summed E-state index contributed by atoms with van der Waals surface area (Å²) in [5, 5.41) is 3.22. The number of nitrogens with zero attached hydrogens (tertiary/aromatic N) is 2. The second-order valence-corrected chi connectivity index (χ2v) is 4.91. The van der Waals surface area contributed by atoms with E-state index in [4.69, 9.17) is 5.73 Å². The predicted molar refractivity (Wildman–Crippen MR) is 83.7 cm³/mol. The lowest BCUT2D eigenvalue weighted by Crippen LogP contribution is -2.12. The van der Waals surface area contributed by atoms with Crippen LogP contribution in [0.25, 0.3) is 0 Å². The van der Waals surface area contributed by atoms with Crippen molar-refractivity contribution in [1.29, 1.82) is 0 Å². The Labute approximate surface area is 138 Å². The molecule has 2 aromatic rings. The van der Waals surface area contributed by atoms with Gasteiger partial charge < -0.3 is 11.1 Å². The van der Waals surface area contributed by atoms with Gasteiger partial charge in [-0.15, -0.1) is 0 Å². The molecule has 5 nitrogen and oxygen atoms in total. The third-order valence-corrected chi connectivity index (χ3v) is 3.04. The molecule has 24 heavy (non-hydrogen) atoms. The fourth-order valence-electron chi connectivity index (χ4n) is 1.80. The van der Waals surface area contributed by atoms with Gasteiger partial charge in [-0.2, -0.15) is 13.8 Å². The highest BCUT2D eigenvalue weighted by molar-refractivity contribution is 5.94. The Hall–Kier alpha value is -2.48. The van der Waals surface area contributed by atoms with Crippen LogP contribution in [-0.4, -0.2) is 29.0 Å². The second kappa shape index (κ2) is 10.3. The average molecular weight is 340 g/mol. The molecule has 1 aromatic carbocycles. The first kappa shape index (κ1) is 19.6. The number of halogens is 3. The molecule has 0 unspecified atom stereocenters. The van der Waals surface area contributed by atoms with Crippen molar-refractivity contribution in [2.45, 2.75) is 19.8 Å². The van der Waals surface area contributed by atoms with Crippen LogP contribution in [0, 0.1) is 24.8 Å². The lowest BCUT2D eigenvalue weighted by atomic mass is 10.1. The summed E-state index contributed by atoms with van der Waals surface area (Å²) in [6, 6.07) is 7.26. The number of primary amides is 1. The maximum absolute atomic E-state index is 11.8. The predicted octanol–water partition coefficient (Wildman–Crippen LogP) is 2.36.